The van der Waals surface area contributed by atoms with Crippen LogP contribution < -0.4 is 5.32 Å². The van der Waals surface area contributed by atoms with Crippen LogP contribution in [0.4, 0.5) is 0 Å². The van der Waals surface area contributed by atoms with Crippen LogP contribution in [-0.2, 0) is 13.1 Å². The fourth-order valence-electron chi connectivity index (χ4n) is 2.35. The molecule has 1 aromatic heterocycles. The van der Waals surface area contributed by atoms with Crippen LogP contribution in [0, 0.1) is 0 Å². The van der Waals surface area contributed by atoms with E-state index in [1.165, 1.54) is 6.42 Å². The number of nitrogens with zero attached hydrogens (tertiary/aromatic N) is 5. The first-order valence-electron chi connectivity index (χ1n) is 6.55. The zero-order valence-corrected chi connectivity index (χ0v) is 10.8. The highest BCUT2D eigenvalue weighted by atomic mass is 15.5. The first-order valence-corrected chi connectivity index (χ1v) is 6.55. The lowest BCUT2D eigenvalue weighted by Crippen LogP contribution is -2.37. The number of hydrogen-bond acceptors (Lipinski definition) is 5. The van der Waals surface area contributed by atoms with Crippen molar-refractivity contribution in [1.29, 1.82) is 0 Å². The van der Waals surface area contributed by atoms with Crippen molar-refractivity contribution >= 4 is 0 Å². The van der Waals surface area contributed by atoms with Crippen molar-refractivity contribution in [3.8, 4) is 0 Å². The smallest absolute Gasteiger partial charge is 0.165 e. The third-order valence-corrected chi connectivity index (χ3v) is 3.34. The lowest BCUT2D eigenvalue weighted by Gasteiger charge is -2.26. The van der Waals surface area contributed by atoms with E-state index < -0.39 is 0 Å². The summed E-state index contributed by atoms with van der Waals surface area (Å²) in [6.45, 7) is 9.37. The summed E-state index contributed by atoms with van der Waals surface area (Å²) >= 11 is 0. The number of rotatable bonds is 6. The lowest BCUT2D eigenvalue weighted by atomic mass is 10.2. The van der Waals surface area contributed by atoms with E-state index in [4.69, 9.17) is 0 Å². The second-order valence-corrected chi connectivity index (χ2v) is 4.53. The van der Waals surface area contributed by atoms with Gasteiger partial charge < -0.3 is 5.32 Å². The molecule has 17 heavy (non-hydrogen) atoms. The van der Waals surface area contributed by atoms with Gasteiger partial charge in [0.2, 0.25) is 0 Å². The Labute approximate surface area is 102 Å². The highest BCUT2D eigenvalue weighted by Crippen LogP contribution is 2.11. The van der Waals surface area contributed by atoms with Gasteiger partial charge in [-0.05, 0) is 36.4 Å². The zero-order chi connectivity index (χ0) is 12.1. The van der Waals surface area contributed by atoms with Gasteiger partial charge in [-0.1, -0.05) is 13.8 Å². The molecule has 0 aromatic carbocycles. The van der Waals surface area contributed by atoms with Crippen LogP contribution in [0.1, 0.15) is 32.5 Å². The topological polar surface area (TPSA) is 58.9 Å². The maximum atomic E-state index is 4.13. The predicted molar refractivity (Wildman–Crippen MR) is 65.5 cm³/mol. The highest BCUT2D eigenvalue weighted by Gasteiger charge is 2.22. The molecule has 1 fully saturated rings. The van der Waals surface area contributed by atoms with E-state index in [1.807, 2.05) is 4.68 Å². The Hall–Kier alpha value is -1.01. The maximum Gasteiger partial charge on any atom is 0.165 e. The van der Waals surface area contributed by atoms with Crippen LogP contribution in [0.2, 0.25) is 0 Å². The van der Waals surface area contributed by atoms with E-state index in [0.717, 1.165) is 45.0 Å². The Morgan fingerprint density at radius 2 is 2.35 bits per heavy atom. The van der Waals surface area contributed by atoms with Gasteiger partial charge in [-0.15, -0.1) is 5.10 Å². The summed E-state index contributed by atoms with van der Waals surface area (Å²) in [7, 11) is 0. The molecule has 1 unspecified atom stereocenters. The molecule has 0 radical (unpaired) electrons. The molecule has 96 valence electrons. The number of hydrogen-bond donors (Lipinski definition) is 1. The fraction of sp³-hybridized carbons (Fsp3) is 0.909. The Morgan fingerprint density at radius 3 is 3.00 bits per heavy atom. The standard InChI is InChI=1S/C11H22N6/c1-3-7-17-11(13-14-15-17)9-16(4-2)10-5-6-12-8-10/h10,12H,3-9H2,1-2H3. The van der Waals surface area contributed by atoms with Gasteiger partial charge in [-0.3, -0.25) is 4.90 Å². The van der Waals surface area contributed by atoms with Gasteiger partial charge >= 0.3 is 0 Å². The van der Waals surface area contributed by atoms with Crippen LogP contribution in [0.3, 0.4) is 0 Å². The molecule has 0 bridgehead atoms. The summed E-state index contributed by atoms with van der Waals surface area (Å²) in [5, 5.41) is 15.3. The van der Waals surface area contributed by atoms with Gasteiger partial charge in [-0.25, -0.2) is 4.68 Å². The summed E-state index contributed by atoms with van der Waals surface area (Å²) < 4.78 is 1.92. The number of tetrazole rings is 1. The fourth-order valence-corrected chi connectivity index (χ4v) is 2.35. The van der Waals surface area contributed by atoms with Crippen LogP contribution in [0.15, 0.2) is 0 Å². The Morgan fingerprint density at radius 1 is 1.47 bits per heavy atom. The van der Waals surface area contributed by atoms with Crippen molar-refractivity contribution in [2.75, 3.05) is 19.6 Å². The molecule has 0 saturated carbocycles. The number of likely N-dealkylation sites (N-methyl/N-ethyl adjacent to an activating group) is 1. The van der Waals surface area contributed by atoms with Crippen molar-refractivity contribution < 1.29 is 0 Å². The molecule has 6 nitrogen and oxygen atoms in total. The summed E-state index contributed by atoms with van der Waals surface area (Å²) in [4.78, 5) is 2.46. The lowest BCUT2D eigenvalue weighted by molar-refractivity contribution is 0.201. The molecule has 0 spiro atoms. The molecule has 2 heterocycles. The highest BCUT2D eigenvalue weighted by molar-refractivity contribution is 4.86. The second-order valence-electron chi connectivity index (χ2n) is 4.53. The summed E-state index contributed by atoms with van der Waals surface area (Å²) in [5.41, 5.74) is 0. The largest absolute Gasteiger partial charge is 0.315 e. The average molecular weight is 238 g/mol. The average Bonchev–Trinajstić information content (AvgIpc) is 2.97. The van der Waals surface area contributed by atoms with Crippen LogP contribution >= 0.6 is 0 Å². The van der Waals surface area contributed by atoms with Crippen molar-refractivity contribution in [2.45, 2.75) is 45.8 Å². The third-order valence-electron chi connectivity index (χ3n) is 3.34. The van der Waals surface area contributed by atoms with Crippen molar-refractivity contribution in [2.24, 2.45) is 0 Å². The first kappa shape index (κ1) is 12.4. The molecule has 1 aliphatic rings. The van der Waals surface area contributed by atoms with Crippen molar-refractivity contribution in [3.63, 3.8) is 0 Å². The molecule has 1 aromatic rings. The number of aryl methyl sites for hydroxylation is 1. The van der Waals surface area contributed by atoms with Crippen molar-refractivity contribution in [1.82, 2.24) is 30.4 Å². The third kappa shape index (κ3) is 3.01. The molecule has 1 atom stereocenters. The molecule has 0 amide bonds. The summed E-state index contributed by atoms with van der Waals surface area (Å²) in [6.07, 6.45) is 2.29. The monoisotopic (exact) mass is 238 g/mol. The summed E-state index contributed by atoms with van der Waals surface area (Å²) in [5.74, 6) is 0.987. The van der Waals surface area contributed by atoms with E-state index in [2.05, 4.69) is 39.6 Å². The SMILES string of the molecule is CCCn1nnnc1CN(CC)C1CCNC1. The van der Waals surface area contributed by atoms with Gasteiger partial charge in [-0.2, -0.15) is 0 Å². The molecule has 0 aliphatic carbocycles. The van der Waals surface area contributed by atoms with Gasteiger partial charge in [0.1, 0.15) is 0 Å². The van der Waals surface area contributed by atoms with Crippen LogP contribution in [0.25, 0.3) is 0 Å². The van der Waals surface area contributed by atoms with Gasteiger partial charge in [0, 0.05) is 19.1 Å². The van der Waals surface area contributed by atoms with E-state index >= 15 is 0 Å². The molecule has 1 saturated heterocycles. The predicted octanol–water partition coefficient (Wildman–Crippen LogP) is 0.267. The minimum absolute atomic E-state index is 0.631. The van der Waals surface area contributed by atoms with Gasteiger partial charge in [0.15, 0.2) is 5.82 Å². The number of aromatic nitrogens is 4. The quantitative estimate of drug-likeness (QED) is 0.771. The van der Waals surface area contributed by atoms with E-state index in [1.54, 1.807) is 0 Å². The molecule has 1 aliphatic heterocycles. The summed E-state index contributed by atoms with van der Waals surface area (Å²) in [6, 6.07) is 0.631. The van der Waals surface area contributed by atoms with Gasteiger partial charge in [0.25, 0.3) is 0 Å². The van der Waals surface area contributed by atoms with E-state index in [0.29, 0.717) is 6.04 Å². The molecular formula is C11H22N6. The second kappa shape index (κ2) is 6.07. The first-order chi connectivity index (χ1) is 8.35. The van der Waals surface area contributed by atoms with Crippen molar-refractivity contribution in [3.05, 3.63) is 5.82 Å². The Kier molecular flexibility index (Phi) is 4.44. The maximum absolute atomic E-state index is 4.13. The number of nitrogens with one attached hydrogen (secondary N) is 1. The van der Waals surface area contributed by atoms with E-state index in [-0.39, 0.29) is 0 Å². The van der Waals surface area contributed by atoms with E-state index in [9.17, 15) is 0 Å². The van der Waals surface area contributed by atoms with Crippen LogP contribution in [-0.4, -0.2) is 50.8 Å². The zero-order valence-electron chi connectivity index (χ0n) is 10.8. The Balaban J connectivity index is 1.99. The van der Waals surface area contributed by atoms with Gasteiger partial charge in [0.05, 0.1) is 6.54 Å². The normalized spacial score (nSPS) is 20.3. The minimum Gasteiger partial charge on any atom is -0.315 e. The molecule has 2 rings (SSSR count). The molecule has 6 heteroatoms. The molecular weight excluding hydrogens is 216 g/mol. The van der Waals surface area contributed by atoms with Crippen LogP contribution in [0.5, 0.6) is 0 Å². The Bertz CT molecular complexity index is 330. The molecule has 1 N–H and O–H groups in total. The minimum atomic E-state index is 0.631.